The fourth-order valence-electron chi connectivity index (χ4n) is 2.62. The molecule has 0 spiro atoms. The Kier molecular flexibility index (Phi) is 9.29. The molecule has 1 unspecified atom stereocenters. The Morgan fingerprint density at radius 3 is 1.71 bits per heavy atom. The first-order valence-electron chi connectivity index (χ1n) is 8.10. The Labute approximate surface area is 130 Å². The summed E-state index contributed by atoms with van der Waals surface area (Å²) < 4.78 is 11.9. The molecule has 21 heavy (non-hydrogen) atoms. The number of nitrogens with zero attached hydrogens (tertiary/aromatic N) is 1. The van der Waals surface area contributed by atoms with Crippen LogP contribution in [0.2, 0.25) is 0 Å². The Hall–Kier alpha value is 0.0700. The summed E-state index contributed by atoms with van der Waals surface area (Å²) in [5.41, 5.74) is 0. The molecule has 0 aromatic carbocycles. The maximum atomic E-state index is 11.6. The van der Waals surface area contributed by atoms with Crippen molar-refractivity contribution in [2.75, 3.05) is 27.7 Å². The van der Waals surface area contributed by atoms with E-state index in [9.17, 15) is 19.5 Å². The number of likely N-dealkylation sites (N-methyl/N-ethyl adjacent to an activating group) is 1. The summed E-state index contributed by atoms with van der Waals surface area (Å²) in [6.45, 7) is 2.25. The van der Waals surface area contributed by atoms with Gasteiger partial charge in [0.15, 0.2) is 0 Å². The Balaban J connectivity index is 4.13. The van der Waals surface area contributed by atoms with Crippen LogP contribution in [0.25, 0.3) is 0 Å². The van der Waals surface area contributed by atoms with Crippen molar-refractivity contribution in [3.63, 3.8) is 0 Å². The Morgan fingerprint density at radius 1 is 0.905 bits per heavy atom. The van der Waals surface area contributed by atoms with Gasteiger partial charge in [-0.3, -0.25) is 4.57 Å². The maximum Gasteiger partial charge on any atom is 0.362 e. The van der Waals surface area contributed by atoms with Gasteiger partial charge in [0.25, 0.3) is 0 Å². The first-order valence-corrected chi connectivity index (χ1v) is 9.71. The third-order valence-electron chi connectivity index (χ3n) is 3.70. The molecule has 1 atom stereocenters. The van der Waals surface area contributed by atoms with Gasteiger partial charge in [-0.05, 0) is 12.8 Å². The van der Waals surface area contributed by atoms with E-state index in [-0.39, 0.29) is 13.0 Å². The molecule has 3 N–H and O–H groups in total. The second kappa shape index (κ2) is 9.26. The Bertz CT molecular complexity index is 324. The highest BCUT2D eigenvalue weighted by atomic mass is 31.2. The molecule has 6 heteroatoms. The van der Waals surface area contributed by atoms with Crippen LogP contribution in [-0.2, 0) is 4.57 Å². The van der Waals surface area contributed by atoms with Crippen molar-refractivity contribution >= 4 is 7.60 Å². The standard InChI is InChI=1S/C15H34NO4P/c1-5-6-7-8-9-10-11-12-13-15(17,21(18,19)20)14-16(2,3)4/h17H,5-14H2,1-4H3,(H-,18,19,20)/p+1. The quantitative estimate of drug-likeness (QED) is 0.293. The molecule has 0 aliphatic heterocycles. The fourth-order valence-corrected chi connectivity index (χ4v) is 3.68. The number of hydrogen-bond acceptors (Lipinski definition) is 2. The lowest BCUT2D eigenvalue weighted by molar-refractivity contribution is -0.875. The molecule has 0 aliphatic carbocycles. The van der Waals surface area contributed by atoms with Gasteiger partial charge in [0.2, 0.25) is 5.34 Å². The van der Waals surface area contributed by atoms with Gasteiger partial charge in [-0.1, -0.05) is 51.9 Å². The number of quaternary nitrogens is 1. The average Bonchev–Trinajstić information content (AvgIpc) is 2.29. The Morgan fingerprint density at radius 2 is 1.33 bits per heavy atom. The van der Waals surface area contributed by atoms with Crippen molar-refractivity contribution in [3.05, 3.63) is 0 Å². The van der Waals surface area contributed by atoms with Crippen molar-refractivity contribution in [1.82, 2.24) is 0 Å². The van der Waals surface area contributed by atoms with Crippen LogP contribution in [-0.4, -0.2) is 52.4 Å². The van der Waals surface area contributed by atoms with Gasteiger partial charge < -0.3 is 19.4 Å². The zero-order chi connectivity index (χ0) is 16.6. The zero-order valence-corrected chi connectivity index (χ0v) is 15.1. The molecule has 0 aromatic heterocycles. The molecule has 0 amide bonds. The largest absolute Gasteiger partial charge is 0.373 e. The van der Waals surface area contributed by atoms with Crippen molar-refractivity contribution < 1.29 is 23.9 Å². The van der Waals surface area contributed by atoms with Gasteiger partial charge >= 0.3 is 7.60 Å². The first kappa shape index (κ1) is 21.1. The van der Waals surface area contributed by atoms with Crippen molar-refractivity contribution in [3.8, 4) is 0 Å². The number of rotatable bonds is 12. The molecule has 0 rings (SSSR count). The number of hydrogen-bond donors (Lipinski definition) is 3. The van der Waals surface area contributed by atoms with Crippen LogP contribution in [0.15, 0.2) is 0 Å². The summed E-state index contributed by atoms with van der Waals surface area (Å²) in [6.07, 6.45) is 9.01. The molecular weight excluding hydrogens is 289 g/mol. The van der Waals surface area contributed by atoms with Crippen LogP contribution in [0.3, 0.4) is 0 Å². The first-order chi connectivity index (χ1) is 9.52. The average molecular weight is 324 g/mol. The second-order valence-electron chi connectivity index (χ2n) is 7.20. The normalized spacial score (nSPS) is 16.0. The summed E-state index contributed by atoms with van der Waals surface area (Å²) in [7, 11) is 0.969. The van der Waals surface area contributed by atoms with Gasteiger partial charge in [0, 0.05) is 0 Å². The van der Waals surface area contributed by atoms with E-state index in [1.807, 2.05) is 21.1 Å². The maximum absolute atomic E-state index is 11.6. The molecule has 0 saturated heterocycles. The lowest BCUT2D eigenvalue weighted by Gasteiger charge is -2.35. The third kappa shape index (κ3) is 9.64. The predicted octanol–water partition coefficient (Wildman–Crippen LogP) is 3.09. The highest BCUT2D eigenvalue weighted by molar-refractivity contribution is 7.53. The van der Waals surface area contributed by atoms with Gasteiger partial charge in [-0.2, -0.15) is 0 Å². The van der Waals surface area contributed by atoms with Crippen molar-refractivity contribution in [1.29, 1.82) is 0 Å². The molecule has 0 radical (unpaired) electrons. The predicted molar refractivity (Wildman–Crippen MR) is 87.1 cm³/mol. The van der Waals surface area contributed by atoms with E-state index in [1.165, 1.54) is 32.1 Å². The lowest BCUT2D eigenvalue weighted by atomic mass is 10.0. The van der Waals surface area contributed by atoms with E-state index < -0.39 is 12.9 Å². The van der Waals surface area contributed by atoms with E-state index in [2.05, 4.69) is 6.92 Å². The minimum Gasteiger partial charge on any atom is -0.373 e. The zero-order valence-electron chi connectivity index (χ0n) is 14.2. The minimum absolute atomic E-state index is 0.0633. The summed E-state index contributed by atoms with van der Waals surface area (Å²) in [5, 5.41) is 8.48. The molecule has 0 heterocycles. The summed E-state index contributed by atoms with van der Waals surface area (Å²) in [5.74, 6) is 0. The third-order valence-corrected chi connectivity index (χ3v) is 5.15. The molecule has 5 nitrogen and oxygen atoms in total. The molecule has 0 aromatic rings. The van der Waals surface area contributed by atoms with Crippen LogP contribution in [0.5, 0.6) is 0 Å². The van der Waals surface area contributed by atoms with E-state index in [0.29, 0.717) is 10.9 Å². The SMILES string of the molecule is CCCCCCCCCCC(O)(C[N+](C)(C)C)P(=O)(O)O. The molecular formula is C15H35NO4P+. The molecule has 128 valence electrons. The highest BCUT2D eigenvalue weighted by Gasteiger charge is 2.48. The highest BCUT2D eigenvalue weighted by Crippen LogP contribution is 2.52. The fraction of sp³-hybridized carbons (Fsp3) is 1.00. The molecule has 0 aliphatic rings. The van der Waals surface area contributed by atoms with Crippen LogP contribution < -0.4 is 0 Å². The van der Waals surface area contributed by atoms with Crippen molar-refractivity contribution in [2.24, 2.45) is 0 Å². The summed E-state index contributed by atoms with van der Waals surface area (Å²) >= 11 is 0. The van der Waals surface area contributed by atoms with E-state index in [4.69, 9.17) is 0 Å². The summed E-state index contributed by atoms with van der Waals surface area (Å²) in [6, 6.07) is 0. The second-order valence-corrected chi connectivity index (χ2v) is 9.12. The molecule has 0 fully saturated rings. The topological polar surface area (TPSA) is 77.8 Å². The van der Waals surface area contributed by atoms with E-state index in [0.717, 1.165) is 12.8 Å². The van der Waals surface area contributed by atoms with E-state index in [1.54, 1.807) is 0 Å². The van der Waals surface area contributed by atoms with Gasteiger partial charge in [-0.15, -0.1) is 0 Å². The van der Waals surface area contributed by atoms with Crippen molar-refractivity contribution in [2.45, 2.75) is 70.1 Å². The van der Waals surface area contributed by atoms with Crippen LogP contribution in [0.4, 0.5) is 0 Å². The summed E-state index contributed by atoms with van der Waals surface area (Å²) in [4.78, 5) is 18.9. The van der Waals surface area contributed by atoms with E-state index >= 15 is 0 Å². The molecule has 0 bridgehead atoms. The van der Waals surface area contributed by atoms with Gasteiger partial charge in [0.05, 0.1) is 21.1 Å². The number of aliphatic hydroxyl groups is 1. The minimum atomic E-state index is -4.51. The van der Waals surface area contributed by atoms with Crippen LogP contribution >= 0.6 is 7.60 Å². The smallest absolute Gasteiger partial charge is 0.362 e. The monoisotopic (exact) mass is 324 g/mol. The molecule has 0 saturated carbocycles. The lowest BCUT2D eigenvalue weighted by Crippen LogP contribution is -2.49. The van der Waals surface area contributed by atoms with Crippen LogP contribution in [0, 0.1) is 0 Å². The van der Waals surface area contributed by atoms with Crippen LogP contribution in [0.1, 0.15) is 64.7 Å². The number of unbranched alkanes of at least 4 members (excludes halogenated alkanes) is 7. The van der Waals surface area contributed by atoms with Gasteiger partial charge in [0.1, 0.15) is 6.54 Å². The van der Waals surface area contributed by atoms with Gasteiger partial charge in [-0.25, -0.2) is 0 Å².